The lowest BCUT2D eigenvalue weighted by molar-refractivity contribution is 0.301. The highest BCUT2D eigenvalue weighted by Crippen LogP contribution is 2.28. The van der Waals surface area contributed by atoms with Crippen LogP contribution >= 0.6 is 0 Å². The number of aromatic nitrogens is 3. The first-order valence-corrected chi connectivity index (χ1v) is 8.47. The fourth-order valence-corrected chi connectivity index (χ4v) is 3.21. The van der Waals surface area contributed by atoms with Crippen molar-refractivity contribution in [1.82, 2.24) is 20.1 Å². The molecule has 1 fully saturated rings. The minimum Gasteiger partial charge on any atom is -0.312 e. The summed E-state index contributed by atoms with van der Waals surface area (Å²) in [6.45, 7) is 7.67. The Hall–Kier alpha value is -0.900. The zero-order valence-electron chi connectivity index (χ0n) is 13.4. The number of aryl methyl sites for hydroxylation is 2. The van der Waals surface area contributed by atoms with Gasteiger partial charge in [0.05, 0.1) is 6.04 Å². The van der Waals surface area contributed by atoms with Gasteiger partial charge in [-0.05, 0) is 25.8 Å². The Balaban J connectivity index is 2.22. The van der Waals surface area contributed by atoms with Crippen LogP contribution in [0, 0.1) is 0 Å². The van der Waals surface area contributed by atoms with Crippen LogP contribution in [-0.2, 0) is 12.8 Å². The van der Waals surface area contributed by atoms with Gasteiger partial charge < -0.3 is 5.32 Å². The van der Waals surface area contributed by atoms with E-state index in [0.717, 1.165) is 31.0 Å². The van der Waals surface area contributed by atoms with Gasteiger partial charge in [0.25, 0.3) is 0 Å². The van der Waals surface area contributed by atoms with Crippen LogP contribution in [0.2, 0.25) is 0 Å². The van der Waals surface area contributed by atoms with Crippen molar-refractivity contribution in [1.29, 1.82) is 0 Å². The van der Waals surface area contributed by atoms with Crippen LogP contribution in [0.25, 0.3) is 0 Å². The van der Waals surface area contributed by atoms with E-state index in [0.29, 0.717) is 12.1 Å². The second-order valence-electron chi connectivity index (χ2n) is 5.86. The molecule has 0 spiro atoms. The van der Waals surface area contributed by atoms with Gasteiger partial charge >= 0.3 is 0 Å². The molecule has 2 rings (SSSR count). The molecule has 1 aromatic heterocycles. The van der Waals surface area contributed by atoms with Crippen LogP contribution in [0.3, 0.4) is 0 Å². The molecule has 0 aromatic carbocycles. The first-order chi connectivity index (χ1) is 9.80. The maximum atomic E-state index is 4.79. The number of nitrogens with zero attached hydrogens (tertiary/aromatic N) is 3. The summed E-state index contributed by atoms with van der Waals surface area (Å²) in [4.78, 5) is 4.69. The lowest BCUT2D eigenvalue weighted by Crippen LogP contribution is -2.38. The molecule has 1 aliphatic rings. The zero-order valence-corrected chi connectivity index (χ0v) is 13.4. The Kier molecular flexibility index (Phi) is 6.02. The third kappa shape index (κ3) is 3.60. The van der Waals surface area contributed by atoms with E-state index in [-0.39, 0.29) is 0 Å². The molecule has 1 saturated carbocycles. The molecule has 4 heteroatoms. The van der Waals surface area contributed by atoms with Gasteiger partial charge in [-0.15, -0.1) is 0 Å². The van der Waals surface area contributed by atoms with E-state index in [4.69, 9.17) is 10.1 Å². The third-order valence-corrected chi connectivity index (χ3v) is 4.33. The molecular formula is C16H30N4. The van der Waals surface area contributed by atoms with Crippen LogP contribution < -0.4 is 5.32 Å². The van der Waals surface area contributed by atoms with Crippen LogP contribution in [0.15, 0.2) is 0 Å². The van der Waals surface area contributed by atoms with Crippen molar-refractivity contribution in [2.75, 3.05) is 6.54 Å². The maximum Gasteiger partial charge on any atom is 0.150 e. The van der Waals surface area contributed by atoms with Crippen molar-refractivity contribution in [3.63, 3.8) is 0 Å². The Labute approximate surface area is 123 Å². The molecule has 0 saturated heterocycles. The van der Waals surface area contributed by atoms with Crippen molar-refractivity contribution in [2.45, 2.75) is 84.2 Å². The van der Waals surface area contributed by atoms with E-state index < -0.39 is 0 Å². The topological polar surface area (TPSA) is 42.7 Å². The zero-order chi connectivity index (χ0) is 14.4. The molecule has 20 heavy (non-hydrogen) atoms. The summed E-state index contributed by atoms with van der Waals surface area (Å²) >= 11 is 0. The summed E-state index contributed by atoms with van der Waals surface area (Å²) in [5.74, 6) is 2.16. The fourth-order valence-electron chi connectivity index (χ4n) is 3.21. The highest BCUT2D eigenvalue weighted by molar-refractivity contribution is 4.97. The van der Waals surface area contributed by atoms with Gasteiger partial charge in [0, 0.05) is 18.9 Å². The van der Waals surface area contributed by atoms with Gasteiger partial charge in [-0.1, -0.05) is 40.0 Å². The van der Waals surface area contributed by atoms with Crippen molar-refractivity contribution in [3.8, 4) is 0 Å². The monoisotopic (exact) mass is 278 g/mol. The molecule has 4 nitrogen and oxygen atoms in total. The van der Waals surface area contributed by atoms with Gasteiger partial charge in [0.2, 0.25) is 0 Å². The number of hydrogen-bond acceptors (Lipinski definition) is 3. The molecule has 0 radical (unpaired) electrons. The second kappa shape index (κ2) is 7.77. The average molecular weight is 278 g/mol. The van der Waals surface area contributed by atoms with E-state index in [1.165, 1.54) is 38.5 Å². The third-order valence-electron chi connectivity index (χ3n) is 4.33. The standard InChI is InChI=1S/C16H30N4/c1-4-12-17-13-10-8-7-9-11-14(13)20-16(6-3)18-15(5-2)19-20/h13-14,17H,4-12H2,1-3H3. The highest BCUT2D eigenvalue weighted by atomic mass is 15.4. The smallest absolute Gasteiger partial charge is 0.150 e. The van der Waals surface area contributed by atoms with Crippen molar-refractivity contribution < 1.29 is 0 Å². The maximum absolute atomic E-state index is 4.79. The molecule has 114 valence electrons. The van der Waals surface area contributed by atoms with Crippen molar-refractivity contribution in [3.05, 3.63) is 11.6 Å². The Morgan fingerprint density at radius 3 is 2.60 bits per heavy atom. The van der Waals surface area contributed by atoms with E-state index in [1.54, 1.807) is 0 Å². The summed E-state index contributed by atoms with van der Waals surface area (Å²) in [6.07, 6.45) is 9.63. The van der Waals surface area contributed by atoms with Gasteiger partial charge in [0.15, 0.2) is 5.82 Å². The van der Waals surface area contributed by atoms with Gasteiger partial charge in [0.1, 0.15) is 5.82 Å². The second-order valence-corrected chi connectivity index (χ2v) is 5.86. The molecule has 0 amide bonds. The SMILES string of the molecule is CCCNC1CCCCCC1n1nc(CC)nc1CC. The quantitative estimate of drug-likeness (QED) is 0.812. The minimum absolute atomic E-state index is 0.492. The molecule has 1 N–H and O–H groups in total. The molecular weight excluding hydrogens is 248 g/mol. The number of hydrogen-bond donors (Lipinski definition) is 1. The van der Waals surface area contributed by atoms with Gasteiger partial charge in [-0.3, -0.25) is 0 Å². The van der Waals surface area contributed by atoms with Crippen LogP contribution in [0.5, 0.6) is 0 Å². The normalized spacial score (nSPS) is 23.8. The summed E-state index contributed by atoms with van der Waals surface area (Å²) in [5, 5.41) is 8.54. The first kappa shape index (κ1) is 15.5. The first-order valence-electron chi connectivity index (χ1n) is 8.47. The summed E-state index contributed by atoms with van der Waals surface area (Å²) in [7, 11) is 0. The lowest BCUT2D eigenvalue weighted by Gasteiger charge is -2.27. The Bertz CT molecular complexity index is 399. The Morgan fingerprint density at radius 1 is 1.10 bits per heavy atom. The molecule has 1 heterocycles. The predicted molar refractivity (Wildman–Crippen MR) is 83.0 cm³/mol. The van der Waals surface area contributed by atoms with E-state index >= 15 is 0 Å². The largest absolute Gasteiger partial charge is 0.312 e. The van der Waals surface area contributed by atoms with Crippen LogP contribution in [0.4, 0.5) is 0 Å². The molecule has 0 bridgehead atoms. The predicted octanol–water partition coefficient (Wildman–Crippen LogP) is 3.28. The molecule has 2 unspecified atom stereocenters. The Morgan fingerprint density at radius 2 is 1.90 bits per heavy atom. The van der Waals surface area contributed by atoms with Crippen molar-refractivity contribution in [2.24, 2.45) is 0 Å². The molecule has 1 aliphatic carbocycles. The minimum atomic E-state index is 0.492. The average Bonchev–Trinajstić information content (AvgIpc) is 2.76. The summed E-state index contributed by atoms with van der Waals surface area (Å²) in [5.41, 5.74) is 0. The summed E-state index contributed by atoms with van der Waals surface area (Å²) < 4.78 is 2.25. The van der Waals surface area contributed by atoms with E-state index in [2.05, 4.69) is 30.8 Å². The van der Waals surface area contributed by atoms with E-state index in [1.807, 2.05) is 0 Å². The summed E-state index contributed by atoms with van der Waals surface area (Å²) in [6, 6.07) is 1.06. The molecule has 0 aliphatic heterocycles. The highest BCUT2D eigenvalue weighted by Gasteiger charge is 2.27. The van der Waals surface area contributed by atoms with Crippen LogP contribution in [0.1, 0.15) is 77.0 Å². The fraction of sp³-hybridized carbons (Fsp3) is 0.875. The van der Waals surface area contributed by atoms with Crippen molar-refractivity contribution >= 4 is 0 Å². The van der Waals surface area contributed by atoms with E-state index in [9.17, 15) is 0 Å². The molecule has 1 aromatic rings. The lowest BCUT2D eigenvalue weighted by atomic mass is 10.0. The molecule has 2 atom stereocenters. The van der Waals surface area contributed by atoms with Crippen LogP contribution in [-0.4, -0.2) is 27.4 Å². The van der Waals surface area contributed by atoms with Gasteiger partial charge in [-0.25, -0.2) is 9.67 Å². The number of nitrogens with one attached hydrogen (secondary N) is 1. The van der Waals surface area contributed by atoms with Gasteiger partial charge in [-0.2, -0.15) is 5.10 Å². The number of rotatable bonds is 6.